The number of carbonyl (C=O) groups is 2. The predicted octanol–water partition coefficient (Wildman–Crippen LogP) is 0.365. The van der Waals surface area contributed by atoms with Gasteiger partial charge in [0.05, 0.1) is 6.54 Å². The summed E-state index contributed by atoms with van der Waals surface area (Å²) < 4.78 is 0. The first-order chi connectivity index (χ1) is 8.99. The first-order valence-corrected chi connectivity index (χ1v) is 6.83. The maximum atomic E-state index is 11.9. The van der Waals surface area contributed by atoms with Crippen LogP contribution in [0.4, 0.5) is 10.9 Å². The van der Waals surface area contributed by atoms with Gasteiger partial charge in [0.15, 0.2) is 5.13 Å². The molecule has 0 aliphatic rings. The van der Waals surface area contributed by atoms with Crippen LogP contribution < -0.4 is 16.4 Å². The largest absolute Gasteiger partial charge is 0.382 e. The maximum Gasteiger partial charge on any atom is 0.265 e. The average molecular weight is 285 g/mol. The number of carbonyl (C=O) groups excluding carboxylic acids is 2. The normalized spacial score (nSPS) is 10.1. The SMILES string of the molecule is CCNc1nc(N)c(C(=O)NCC(=O)N(C)CC)s1. The van der Waals surface area contributed by atoms with Crippen LogP contribution in [0.2, 0.25) is 0 Å². The summed E-state index contributed by atoms with van der Waals surface area (Å²) in [5.74, 6) is -0.349. The van der Waals surface area contributed by atoms with Gasteiger partial charge in [0.25, 0.3) is 5.91 Å². The lowest BCUT2D eigenvalue weighted by Crippen LogP contribution is -2.37. The van der Waals surface area contributed by atoms with Crippen LogP contribution in [-0.4, -0.2) is 48.4 Å². The Hall–Kier alpha value is -1.83. The molecule has 0 radical (unpaired) electrons. The van der Waals surface area contributed by atoms with Crippen LogP contribution in [0.5, 0.6) is 0 Å². The number of amides is 2. The molecule has 0 unspecified atom stereocenters. The van der Waals surface area contributed by atoms with E-state index in [4.69, 9.17) is 5.73 Å². The fraction of sp³-hybridized carbons (Fsp3) is 0.545. The second-order valence-electron chi connectivity index (χ2n) is 3.85. The number of nitrogens with one attached hydrogen (secondary N) is 2. The number of rotatable bonds is 6. The van der Waals surface area contributed by atoms with Gasteiger partial charge < -0.3 is 21.3 Å². The van der Waals surface area contributed by atoms with Crippen LogP contribution >= 0.6 is 11.3 Å². The molecule has 0 bridgehead atoms. The lowest BCUT2D eigenvalue weighted by atomic mass is 10.4. The third-order valence-electron chi connectivity index (χ3n) is 2.49. The van der Waals surface area contributed by atoms with E-state index >= 15 is 0 Å². The highest BCUT2D eigenvalue weighted by molar-refractivity contribution is 7.18. The van der Waals surface area contributed by atoms with E-state index in [1.807, 2.05) is 13.8 Å². The zero-order chi connectivity index (χ0) is 14.4. The Bertz CT molecular complexity index is 460. The number of hydrogen-bond donors (Lipinski definition) is 3. The van der Waals surface area contributed by atoms with Crippen LogP contribution in [0.25, 0.3) is 0 Å². The fourth-order valence-corrected chi connectivity index (χ4v) is 2.14. The Labute approximate surface area is 116 Å². The van der Waals surface area contributed by atoms with Gasteiger partial charge in [0, 0.05) is 20.1 Å². The van der Waals surface area contributed by atoms with Gasteiger partial charge >= 0.3 is 0 Å². The monoisotopic (exact) mass is 285 g/mol. The van der Waals surface area contributed by atoms with Crippen molar-refractivity contribution in [3.05, 3.63) is 4.88 Å². The minimum Gasteiger partial charge on any atom is -0.382 e. The topological polar surface area (TPSA) is 100 Å². The molecule has 1 aromatic heterocycles. The summed E-state index contributed by atoms with van der Waals surface area (Å²) >= 11 is 1.17. The van der Waals surface area contributed by atoms with Crippen molar-refractivity contribution in [1.82, 2.24) is 15.2 Å². The molecule has 1 heterocycles. The van der Waals surface area contributed by atoms with Gasteiger partial charge in [0.2, 0.25) is 5.91 Å². The molecule has 0 saturated heterocycles. The van der Waals surface area contributed by atoms with E-state index in [2.05, 4.69) is 15.6 Å². The van der Waals surface area contributed by atoms with Gasteiger partial charge in [-0.2, -0.15) is 0 Å². The molecule has 0 fully saturated rings. The molecule has 0 aliphatic heterocycles. The summed E-state index contributed by atoms with van der Waals surface area (Å²) in [5.41, 5.74) is 5.67. The molecule has 106 valence electrons. The molecular formula is C11H19N5O2S. The van der Waals surface area contributed by atoms with Crippen molar-refractivity contribution in [3.8, 4) is 0 Å². The van der Waals surface area contributed by atoms with Gasteiger partial charge in [0.1, 0.15) is 10.7 Å². The number of thiazole rings is 1. The first kappa shape index (κ1) is 15.2. The quantitative estimate of drug-likeness (QED) is 0.701. The Balaban J connectivity index is 2.61. The molecule has 1 rings (SSSR count). The molecule has 19 heavy (non-hydrogen) atoms. The smallest absolute Gasteiger partial charge is 0.265 e. The second kappa shape index (κ2) is 6.93. The molecule has 0 aromatic carbocycles. The van der Waals surface area contributed by atoms with E-state index in [9.17, 15) is 9.59 Å². The van der Waals surface area contributed by atoms with Gasteiger partial charge in [-0.1, -0.05) is 11.3 Å². The highest BCUT2D eigenvalue weighted by Crippen LogP contribution is 2.24. The van der Waals surface area contributed by atoms with E-state index in [0.29, 0.717) is 23.1 Å². The lowest BCUT2D eigenvalue weighted by Gasteiger charge is -2.14. The van der Waals surface area contributed by atoms with E-state index in [0.717, 1.165) is 0 Å². The molecule has 0 spiro atoms. The second-order valence-corrected chi connectivity index (χ2v) is 4.85. The van der Waals surface area contributed by atoms with Crippen molar-refractivity contribution in [2.75, 3.05) is 37.7 Å². The van der Waals surface area contributed by atoms with Crippen LogP contribution in [0.1, 0.15) is 23.5 Å². The predicted molar refractivity (Wildman–Crippen MR) is 76.3 cm³/mol. The van der Waals surface area contributed by atoms with Gasteiger partial charge in [-0.25, -0.2) is 4.98 Å². The highest BCUT2D eigenvalue weighted by atomic mass is 32.1. The molecule has 1 aromatic rings. The third kappa shape index (κ3) is 4.09. The minimum absolute atomic E-state index is 0.0446. The first-order valence-electron chi connectivity index (χ1n) is 6.01. The zero-order valence-electron chi connectivity index (χ0n) is 11.3. The molecule has 4 N–H and O–H groups in total. The minimum atomic E-state index is -0.378. The van der Waals surface area contributed by atoms with Crippen molar-refractivity contribution in [2.45, 2.75) is 13.8 Å². The average Bonchev–Trinajstić information content (AvgIpc) is 2.76. The number of nitrogen functional groups attached to an aromatic ring is 1. The highest BCUT2D eigenvalue weighted by Gasteiger charge is 2.17. The molecule has 2 amide bonds. The van der Waals surface area contributed by atoms with Gasteiger partial charge in [-0.05, 0) is 13.8 Å². The molecular weight excluding hydrogens is 266 g/mol. The Kier molecular flexibility index (Phi) is 5.56. The fourth-order valence-electron chi connectivity index (χ4n) is 1.27. The van der Waals surface area contributed by atoms with Crippen molar-refractivity contribution < 1.29 is 9.59 Å². The summed E-state index contributed by atoms with van der Waals surface area (Å²) in [6.07, 6.45) is 0. The summed E-state index contributed by atoms with van der Waals surface area (Å²) in [7, 11) is 1.68. The van der Waals surface area contributed by atoms with Crippen molar-refractivity contribution in [3.63, 3.8) is 0 Å². The van der Waals surface area contributed by atoms with Crippen LogP contribution in [-0.2, 0) is 4.79 Å². The van der Waals surface area contributed by atoms with E-state index in [1.54, 1.807) is 7.05 Å². The van der Waals surface area contributed by atoms with Crippen molar-refractivity contribution >= 4 is 34.1 Å². The summed E-state index contributed by atoms with van der Waals surface area (Å²) in [6, 6.07) is 0. The summed E-state index contributed by atoms with van der Waals surface area (Å²) in [6.45, 7) is 5.05. The number of hydrogen-bond acceptors (Lipinski definition) is 6. The van der Waals surface area contributed by atoms with Gasteiger partial charge in [-0.3, -0.25) is 9.59 Å². The number of anilines is 2. The van der Waals surface area contributed by atoms with E-state index in [-0.39, 0.29) is 24.2 Å². The van der Waals surface area contributed by atoms with Crippen molar-refractivity contribution in [1.29, 1.82) is 0 Å². The molecule has 7 nitrogen and oxygen atoms in total. The lowest BCUT2D eigenvalue weighted by molar-refractivity contribution is -0.128. The number of nitrogens with zero attached hydrogens (tertiary/aromatic N) is 2. The summed E-state index contributed by atoms with van der Waals surface area (Å²) in [4.78, 5) is 29.3. The van der Waals surface area contributed by atoms with Crippen LogP contribution in [0, 0.1) is 0 Å². The Morgan fingerprint density at radius 2 is 2.11 bits per heavy atom. The van der Waals surface area contributed by atoms with Crippen LogP contribution in [0.3, 0.4) is 0 Å². The van der Waals surface area contributed by atoms with E-state index in [1.165, 1.54) is 16.2 Å². The summed E-state index contributed by atoms with van der Waals surface area (Å²) in [5, 5.41) is 6.13. The third-order valence-corrected chi connectivity index (χ3v) is 3.52. The molecule has 8 heteroatoms. The zero-order valence-corrected chi connectivity index (χ0v) is 12.1. The molecule has 0 saturated carbocycles. The standard InChI is InChI=1S/C11H19N5O2S/c1-4-13-11-15-9(12)8(19-11)10(18)14-6-7(17)16(3)5-2/h4-6,12H2,1-3H3,(H,13,15)(H,14,18). The number of likely N-dealkylation sites (N-methyl/N-ethyl adjacent to an activating group) is 1. The molecule has 0 aliphatic carbocycles. The van der Waals surface area contributed by atoms with E-state index < -0.39 is 0 Å². The Morgan fingerprint density at radius 1 is 1.42 bits per heavy atom. The number of aromatic nitrogens is 1. The Morgan fingerprint density at radius 3 is 2.68 bits per heavy atom. The maximum absolute atomic E-state index is 11.9. The van der Waals surface area contributed by atoms with Crippen molar-refractivity contribution in [2.24, 2.45) is 0 Å². The molecule has 0 atom stereocenters. The number of nitrogens with two attached hydrogens (primary N) is 1. The van der Waals surface area contributed by atoms with Crippen LogP contribution in [0.15, 0.2) is 0 Å². The van der Waals surface area contributed by atoms with Gasteiger partial charge in [-0.15, -0.1) is 0 Å².